The van der Waals surface area contributed by atoms with Gasteiger partial charge in [0.25, 0.3) is 0 Å². The molecule has 1 aromatic carbocycles. The van der Waals surface area contributed by atoms with E-state index in [1.54, 1.807) is 21.3 Å². The Morgan fingerprint density at radius 1 is 1.03 bits per heavy atom. The molecule has 4 N–H and O–H groups in total. The predicted molar refractivity (Wildman–Crippen MR) is 116 cm³/mol. The van der Waals surface area contributed by atoms with Gasteiger partial charge in [0.05, 0.1) is 27.4 Å². The van der Waals surface area contributed by atoms with Crippen LogP contribution >= 0.6 is 12.4 Å². The van der Waals surface area contributed by atoms with E-state index < -0.39 is 6.04 Å². The summed E-state index contributed by atoms with van der Waals surface area (Å²) in [6.45, 7) is 4.29. The molecule has 0 radical (unpaired) electrons. The molecular weight excluding hydrogens is 396 g/mol. The fraction of sp³-hybridized carbons (Fsp3) is 0.650. The first kappa shape index (κ1) is 25.3. The monoisotopic (exact) mass is 430 g/mol. The molecule has 166 valence electrons. The van der Waals surface area contributed by atoms with Crippen molar-refractivity contribution in [2.45, 2.75) is 31.8 Å². The van der Waals surface area contributed by atoms with Crippen LogP contribution in [0.3, 0.4) is 0 Å². The highest BCUT2D eigenvalue weighted by Gasteiger charge is 2.26. The van der Waals surface area contributed by atoms with Gasteiger partial charge in [-0.2, -0.15) is 0 Å². The van der Waals surface area contributed by atoms with Crippen LogP contribution in [0, 0.1) is 0 Å². The standard InChI is InChI=1S/C20H34N4O4.ClH/c1-26-17-8-7-15(18(27-2)19(17)28-3)14-23-10-12-24(13-11-23)20(25)16(22)6-4-5-9-21;/h7-8,16H,4-6,9-14,21-22H2,1-3H3;1H/t16-;/m0./s1. The number of nitrogens with zero attached hydrogens (tertiary/aromatic N) is 2. The molecule has 1 aromatic rings. The smallest absolute Gasteiger partial charge is 0.239 e. The summed E-state index contributed by atoms with van der Waals surface area (Å²) in [5.74, 6) is 1.96. The molecule has 1 aliphatic heterocycles. The Morgan fingerprint density at radius 3 is 2.24 bits per heavy atom. The van der Waals surface area contributed by atoms with Crippen molar-refractivity contribution in [1.29, 1.82) is 0 Å². The minimum Gasteiger partial charge on any atom is -0.493 e. The van der Waals surface area contributed by atoms with E-state index in [9.17, 15) is 4.79 Å². The first-order chi connectivity index (χ1) is 13.5. The van der Waals surface area contributed by atoms with Crippen LogP contribution in [0.25, 0.3) is 0 Å². The lowest BCUT2D eigenvalue weighted by Crippen LogP contribution is -2.52. The molecule has 0 aliphatic carbocycles. The molecule has 1 heterocycles. The summed E-state index contributed by atoms with van der Waals surface area (Å²) in [4.78, 5) is 16.7. The van der Waals surface area contributed by atoms with E-state index in [1.165, 1.54) is 0 Å². The van der Waals surface area contributed by atoms with Gasteiger partial charge in [-0.15, -0.1) is 12.4 Å². The number of amides is 1. The van der Waals surface area contributed by atoms with Gasteiger partial charge in [0.1, 0.15) is 0 Å². The quantitative estimate of drug-likeness (QED) is 0.538. The number of carbonyl (C=O) groups is 1. The van der Waals surface area contributed by atoms with Gasteiger partial charge in [0, 0.05) is 38.3 Å². The number of carbonyl (C=O) groups excluding carboxylic acids is 1. The topological polar surface area (TPSA) is 103 Å². The molecule has 0 bridgehead atoms. The van der Waals surface area contributed by atoms with E-state index in [0.717, 1.165) is 31.5 Å². The third kappa shape index (κ3) is 6.64. The second-order valence-electron chi connectivity index (χ2n) is 6.99. The van der Waals surface area contributed by atoms with Gasteiger partial charge in [-0.05, 0) is 25.5 Å². The maximum Gasteiger partial charge on any atom is 0.239 e. The summed E-state index contributed by atoms with van der Waals surface area (Å²) >= 11 is 0. The second-order valence-corrected chi connectivity index (χ2v) is 6.99. The van der Waals surface area contributed by atoms with Crippen LogP contribution in [0.4, 0.5) is 0 Å². The zero-order valence-electron chi connectivity index (χ0n) is 17.7. The van der Waals surface area contributed by atoms with Gasteiger partial charge >= 0.3 is 0 Å². The zero-order valence-corrected chi connectivity index (χ0v) is 18.5. The Hall–Kier alpha value is -1.74. The fourth-order valence-electron chi connectivity index (χ4n) is 3.52. The summed E-state index contributed by atoms with van der Waals surface area (Å²) in [5.41, 5.74) is 12.6. The Kier molecular flexibility index (Phi) is 11.1. The molecule has 8 nitrogen and oxygen atoms in total. The predicted octanol–water partition coefficient (Wildman–Crippen LogP) is 1.23. The molecule has 29 heavy (non-hydrogen) atoms. The second kappa shape index (κ2) is 12.7. The lowest BCUT2D eigenvalue weighted by molar-refractivity contribution is -0.134. The maximum absolute atomic E-state index is 12.5. The summed E-state index contributed by atoms with van der Waals surface area (Å²) in [5, 5.41) is 0. The van der Waals surface area contributed by atoms with Crippen molar-refractivity contribution >= 4 is 18.3 Å². The van der Waals surface area contributed by atoms with Crippen LogP contribution in [0.2, 0.25) is 0 Å². The Bertz CT molecular complexity index is 639. The number of hydrogen-bond acceptors (Lipinski definition) is 7. The summed E-state index contributed by atoms with van der Waals surface area (Å²) in [7, 11) is 4.84. The van der Waals surface area contributed by atoms with Gasteiger partial charge < -0.3 is 30.6 Å². The van der Waals surface area contributed by atoms with Gasteiger partial charge in [0.2, 0.25) is 11.7 Å². The lowest BCUT2D eigenvalue weighted by Gasteiger charge is -2.36. The van der Waals surface area contributed by atoms with E-state index >= 15 is 0 Å². The van der Waals surface area contributed by atoms with Crippen LogP contribution in [0.1, 0.15) is 24.8 Å². The van der Waals surface area contributed by atoms with Crippen LogP contribution in [0.5, 0.6) is 17.2 Å². The number of hydrogen-bond donors (Lipinski definition) is 2. The van der Waals surface area contributed by atoms with Gasteiger partial charge in [-0.3, -0.25) is 9.69 Å². The average Bonchev–Trinajstić information content (AvgIpc) is 2.73. The van der Waals surface area contributed by atoms with Gasteiger partial charge in [-0.25, -0.2) is 0 Å². The number of piperazine rings is 1. The minimum atomic E-state index is -0.427. The first-order valence-electron chi connectivity index (χ1n) is 9.80. The zero-order chi connectivity index (χ0) is 20.5. The van der Waals surface area contributed by atoms with Crippen LogP contribution < -0.4 is 25.7 Å². The first-order valence-corrected chi connectivity index (χ1v) is 9.80. The number of halogens is 1. The number of unbranched alkanes of at least 4 members (excludes halogenated alkanes) is 1. The van der Waals surface area contributed by atoms with Crippen LogP contribution in [-0.4, -0.2) is 75.8 Å². The number of methoxy groups -OCH3 is 3. The number of benzene rings is 1. The normalized spacial score (nSPS) is 15.4. The van der Waals surface area contributed by atoms with Crippen molar-refractivity contribution < 1.29 is 19.0 Å². The summed E-state index contributed by atoms with van der Waals surface area (Å²) in [6.07, 6.45) is 2.49. The minimum absolute atomic E-state index is 0. The molecular formula is C20H35ClN4O4. The highest BCUT2D eigenvalue weighted by Crippen LogP contribution is 2.40. The molecule has 0 aromatic heterocycles. The highest BCUT2D eigenvalue weighted by atomic mass is 35.5. The van der Waals surface area contributed by atoms with Crippen molar-refractivity contribution in [3.8, 4) is 17.2 Å². The largest absolute Gasteiger partial charge is 0.493 e. The third-order valence-electron chi connectivity index (χ3n) is 5.15. The Labute approximate surface area is 179 Å². The van der Waals surface area contributed by atoms with E-state index in [-0.39, 0.29) is 18.3 Å². The van der Waals surface area contributed by atoms with Crippen molar-refractivity contribution in [3.05, 3.63) is 17.7 Å². The van der Waals surface area contributed by atoms with Crippen molar-refractivity contribution in [3.63, 3.8) is 0 Å². The molecule has 0 spiro atoms. The lowest BCUT2D eigenvalue weighted by atomic mass is 10.1. The number of nitrogens with two attached hydrogens (primary N) is 2. The fourth-order valence-corrected chi connectivity index (χ4v) is 3.52. The number of rotatable bonds is 10. The van der Waals surface area contributed by atoms with Gasteiger partial charge in [0.15, 0.2) is 11.5 Å². The third-order valence-corrected chi connectivity index (χ3v) is 5.15. The summed E-state index contributed by atoms with van der Waals surface area (Å²) < 4.78 is 16.4. The molecule has 1 aliphatic rings. The average molecular weight is 431 g/mol. The molecule has 0 saturated carbocycles. The van der Waals surface area contributed by atoms with Crippen molar-refractivity contribution in [2.75, 3.05) is 54.1 Å². The molecule has 2 rings (SSSR count). The van der Waals surface area contributed by atoms with Crippen molar-refractivity contribution in [1.82, 2.24) is 9.80 Å². The van der Waals surface area contributed by atoms with Gasteiger partial charge in [-0.1, -0.05) is 12.5 Å². The maximum atomic E-state index is 12.5. The molecule has 1 amide bonds. The highest BCUT2D eigenvalue weighted by molar-refractivity contribution is 5.85. The van der Waals surface area contributed by atoms with Crippen LogP contribution in [0.15, 0.2) is 12.1 Å². The molecule has 1 atom stereocenters. The number of ether oxygens (including phenoxy) is 3. The van der Waals surface area contributed by atoms with Crippen molar-refractivity contribution in [2.24, 2.45) is 11.5 Å². The van der Waals surface area contributed by atoms with E-state index in [4.69, 9.17) is 25.7 Å². The molecule has 0 unspecified atom stereocenters. The Morgan fingerprint density at radius 2 is 1.69 bits per heavy atom. The molecule has 1 fully saturated rings. The van der Waals surface area contributed by atoms with E-state index in [1.807, 2.05) is 17.0 Å². The molecule has 1 saturated heterocycles. The van der Waals surface area contributed by atoms with E-state index in [2.05, 4.69) is 4.90 Å². The SMILES string of the molecule is COc1ccc(CN2CCN(C(=O)[C@@H](N)CCCCN)CC2)c(OC)c1OC.Cl. The van der Waals surface area contributed by atoms with E-state index in [0.29, 0.717) is 49.8 Å². The molecule has 9 heteroatoms. The summed E-state index contributed by atoms with van der Waals surface area (Å²) in [6, 6.07) is 3.45. The van der Waals surface area contributed by atoms with Crippen LogP contribution in [-0.2, 0) is 11.3 Å². The Balaban J connectivity index is 0.00000420.